The number of nitrogens with zero attached hydrogens (tertiary/aromatic N) is 1. The molecule has 0 aromatic rings. The Kier molecular flexibility index (Phi) is 6.06. The molecule has 0 aromatic carbocycles. The molecule has 21 heavy (non-hydrogen) atoms. The fraction of sp³-hybridized carbons (Fsp3) is 0.941. The molecular formula is C17H32N2O2. The van der Waals surface area contributed by atoms with Crippen LogP contribution in [0.3, 0.4) is 0 Å². The molecular weight excluding hydrogens is 264 g/mol. The second kappa shape index (κ2) is 7.59. The molecule has 4 nitrogen and oxygen atoms in total. The van der Waals surface area contributed by atoms with E-state index in [2.05, 4.69) is 24.2 Å². The highest BCUT2D eigenvalue weighted by atomic mass is 16.4. The summed E-state index contributed by atoms with van der Waals surface area (Å²) >= 11 is 0. The van der Waals surface area contributed by atoms with E-state index in [0.29, 0.717) is 12.1 Å². The van der Waals surface area contributed by atoms with Gasteiger partial charge in [0.25, 0.3) is 0 Å². The van der Waals surface area contributed by atoms with Crippen molar-refractivity contribution in [3.63, 3.8) is 0 Å². The van der Waals surface area contributed by atoms with E-state index in [4.69, 9.17) is 0 Å². The molecule has 0 aliphatic heterocycles. The summed E-state index contributed by atoms with van der Waals surface area (Å²) in [5.74, 6) is -0.660. The lowest BCUT2D eigenvalue weighted by Gasteiger charge is -2.34. The third-order valence-electron chi connectivity index (χ3n) is 5.59. The van der Waals surface area contributed by atoms with Crippen LogP contribution in [0.5, 0.6) is 0 Å². The Bertz CT molecular complexity index is 340. The summed E-state index contributed by atoms with van der Waals surface area (Å²) in [6, 6.07) is 1.09. The van der Waals surface area contributed by atoms with Gasteiger partial charge in [0.2, 0.25) is 0 Å². The van der Waals surface area contributed by atoms with Crippen LogP contribution in [-0.4, -0.2) is 47.2 Å². The van der Waals surface area contributed by atoms with E-state index in [0.717, 1.165) is 32.2 Å². The predicted octanol–water partition coefficient (Wildman–Crippen LogP) is 3.02. The van der Waals surface area contributed by atoms with Crippen molar-refractivity contribution in [2.75, 3.05) is 13.6 Å². The van der Waals surface area contributed by atoms with Crippen LogP contribution in [0.1, 0.15) is 71.1 Å². The highest BCUT2D eigenvalue weighted by molar-refractivity contribution is 5.79. The van der Waals surface area contributed by atoms with Crippen molar-refractivity contribution in [1.29, 1.82) is 0 Å². The average molecular weight is 296 g/mol. The Morgan fingerprint density at radius 2 is 1.86 bits per heavy atom. The minimum absolute atomic E-state index is 0.425. The van der Waals surface area contributed by atoms with Gasteiger partial charge < -0.3 is 15.3 Å². The van der Waals surface area contributed by atoms with Crippen molar-refractivity contribution < 1.29 is 9.90 Å². The molecule has 122 valence electrons. The molecule has 0 radical (unpaired) electrons. The van der Waals surface area contributed by atoms with Gasteiger partial charge >= 0.3 is 5.97 Å². The number of rotatable bonds is 6. The van der Waals surface area contributed by atoms with Crippen LogP contribution < -0.4 is 5.32 Å². The maximum absolute atomic E-state index is 11.7. The smallest absolute Gasteiger partial charge is 0.323 e. The SMILES string of the molecule is CCCNC1(C(=O)O)CCC(N(C)C2CCCCCC2)C1. The number of hydrogen-bond acceptors (Lipinski definition) is 3. The molecule has 0 bridgehead atoms. The highest BCUT2D eigenvalue weighted by Crippen LogP contribution is 2.35. The van der Waals surface area contributed by atoms with E-state index in [-0.39, 0.29) is 0 Å². The van der Waals surface area contributed by atoms with Gasteiger partial charge in [0.1, 0.15) is 5.54 Å². The maximum Gasteiger partial charge on any atom is 0.323 e. The molecule has 4 heteroatoms. The summed E-state index contributed by atoms with van der Waals surface area (Å²) in [5, 5.41) is 13.0. The Hall–Kier alpha value is -0.610. The minimum Gasteiger partial charge on any atom is -0.480 e. The summed E-state index contributed by atoms with van der Waals surface area (Å²) < 4.78 is 0. The molecule has 2 fully saturated rings. The van der Waals surface area contributed by atoms with Crippen LogP contribution in [0.25, 0.3) is 0 Å². The number of carboxylic acid groups (broad SMARTS) is 1. The molecule has 2 aliphatic rings. The third kappa shape index (κ3) is 3.98. The standard InChI is InChI=1S/C17H32N2O2/c1-3-12-18-17(16(20)21)11-10-15(13-17)19(2)14-8-6-4-5-7-9-14/h14-15,18H,3-13H2,1-2H3,(H,20,21). The summed E-state index contributed by atoms with van der Waals surface area (Å²) in [7, 11) is 2.22. The molecule has 0 heterocycles. The summed E-state index contributed by atoms with van der Waals surface area (Å²) in [6.07, 6.45) is 11.5. The minimum atomic E-state index is -0.681. The summed E-state index contributed by atoms with van der Waals surface area (Å²) in [6.45, 7) is 2.89. The first-order valence-electron chi connectivity index (χ1n) is 8.79. The molecule has 2 saturated carbocycles. The molecule has 2 rings (SSSR count). The molecule has 2 aliphatic carbocycles. The first kappa shape index (κ1) is 16.8. The van der Waals surface area contributed by atoms with Gasteiger partial charge in [0, 0.05) is 12.1 Å². The Morgan fingerprint density at radius 1 is 1.19 bits per heavy atom. The molecule has 2 unspecified atom stereocenters. The van der Waals surface area contributed by atoms with E-state index in [1.165, 1.54) is 38.5 Å². The number of hydrogen-bond donors (Lipinski definition) is 2. The van der Waals surface area contributed by atoms with Gasteiger partial charge in [-0.15, -0.1) is 0 Å². The van der Waals surface area contributed by atoms with Crippen LogP contribution in [-0.2, 0) is 4.79 Å². The second-order valence-corrected chi connectivity index (χ2v) is 7.02. The molecule has 0 spiro atoms. The van der Waals surface area contributed by atoms with Crippen LogP contribution in [0.4, 0.5) is 0 Å². The Labute approximate surface area is 129 Å². The van der Waals surface area contributed by atoms with Crippen molar-refractivity contribution >= 4 is 5.97 Å². The van der Waals surface area contributed by atoms with Crippen molar-refractivity contribution in [2.24, 2.45) is 0 Å². The van der Waals surface area contributed by atoms with Crippen molar-refractivity contribution in [3.8, 4) is 0 Å². The predicted molar refractivity (Wildman–Crippen MR) is 85.6 cm³/mol. The van der Waals surface area contributed by atoms with Crippen LogP contribution in [0.2, 0.25) is 0 Å². The zero-order valence-corrected chi connectivity index (χ0v) is 13.7. The van der Waals surface area contributed by atoms with Crippen molar-refractivity contribution in [2.45, 2.75) is 88.8 Å². The van der Waals surface area contributed by atoms with Gasteiger partial charge in [-0.2, -0.15) is 0 Å². The number of nitrogens with one attached hydrogen (secondary N) is 1. The van der Waals surface area contributed by atoms with Gasteiger partial charge in [0.15, 0.2) is 0 Å². The van der Waals surface area contributed by atoms with E-state index in [9.17, 15) is 9.90 Å². The lowest BCUT2D eigenvalue weighted by molar-refractivity contribution is -0.144. The second-order valence-electron chi connectivity index (χ2n) is 7.02. The number of carboxylic acids is 1. The van der Waals surface area contributed by atoms with Gasteiger partial charge in [-0.1, -0.05) is 32.6 Å². The summed E-state index contributed by atoms with van der Waals surface area (Å²) in [5.41, 5.74) is -0.681. The van der Waals surface area contributed by atoms with Gasteiger partial charge in [0.05, 0.1) is 0 Å². The number of carbonyl (C=O) groups is 1. The summed E-state index contributed by atoms with van der Waals surface area (Å²) in [4.78, 5) is 14.3. The Balaban J connectivity index is 1.96. The zero-order chi connectivity index (χ0) is 15.3. The highest BCUT2D eigenvalue weighted by Gasteiger charge is 2.46. The first-order valence-corrected chi connectivity index (χ1v) is 8.79. The first-order chi connectivity index (χ1) is 10.1. The quantitative estimate of drug-likeness (QED) is 0.740. The van der Waals surface area contributed by atoms with Gasteiger partial charge in [-0.05, 0) is 52.1 Å². The fourth-order valence-corrected chi connectivity index (χ4v) is 4.12. The van der Waals surface area contributed by atoms with E-state index in [1.54, 1.807) is 0 Å². The third-order valence-corrected chi connectivity index (χ3v) is 5.59. The molecule has 0 amide bonds. The van der Waals surface area contributed by atoms with Crippen LogP contribution in [0, 0.1) is 0 Å². The van der Waals surface area contributed by atoms with Crippen molar-refractivity contribution in [1.82, 2.24) is 10.2 Å². The number of aliphatic carboxylic acids is 1. The molecule has 0 saturated heterocycles. The van der Waals surface area contributed by atoms with E-state index in [1.807, 2.05) is 0 Å². The molecule has 2 atom stereocenters. The van der Waals surface area contributed by atoms with E-state index >= 15 is 0 Å². The van der Waals surface area contributed by atoms with Gasteiger partial charge in [-0.3, -0.25) is 4.79 Å². The lowest BCUT2D eigenvalue weighted by atomic mass is 9.96. The zero-order valence-electron chi connectivity index (χ0n) is 13.7. The normalized spacial score (nSPS) is 31.5. The fourth-order valence-electron chi connectivity index (χ4n) is 4.12. The monoisotopic (exact) mass is 296 g/mol. The van der Waals surface area contributed by atoms with Crippen LogP contribution >= 0.6 is 0 Å². The molecule has 0 aromatic heterocycles. The Morgan fingerprint density at radius 3 is 2.43 bits per heavy atom. The van der Waals surface area contributed by atoms with Gasteiger partial charge in [-0.25, -0.2) is 0 Å². The average Bonchev–Trinajstić information content (AvgIpc) is 2.73. The lowest BCUT2D eigenvalue weighted by Crippen LogP contribution is -2.52. The maximum atomic E-state index is 11.7. The van der Waals surface area contributed by atoms with Crippen molar-refractivity contribution in [3.05, 3.63) is 0 Å². The van der Waals surface area contributed by atoms with Crippen LogP contribution in [0.15, 0.2) is 0 Å². The molecule has 2 N–H and O–H groups in total. The van der Waals surface area contributed by atoms with E-state index < -0.39 is 11.5 Å². The largest absolute Gasteiger partial charge is 0.480 e. The topological polar surface area (TPSA) is 52.6 Å².